The maximum atomic E-state index is 9.61. The fourth-order valence-corrected chi connectivity index (χ4v) is 3.16. The molecule has 0 aliphatic carbocycles. The zero-order valence-electron chi connectivity index (χ0n) is 6.87. The molecule has 0 radical (unpaired) electrons. The van der Waals surface area contributed by atoms with Crippen LogP contribution in [0.15, 0.2) is 17.5 Å². The first-order valence-electron chi connectivity index (χ1n) is 3.66. The normalized spacial score (nSPS) is 10.6. The van der Waals surface area contributed by atoms with E-state index in [1.165, 1.54) is 0 Å². The van der Waals surface area contributed by atoms with Crippen molar-refractivity contribution in [2.24, 2.45) is 0 Å². The van der Waals surface area contributed by atoms with Gasteiger partial charge in [-0.15, -0.1) is 11.3 Å². The van der Waals surface area contributed by atoms with Gasteiger partial charge in [-0.1, -0.05) is 0 Å². The number of thiophene rings is 1. The third-order valence-corrected chi connectivity index (χ3v) is 3.55. The summed E-state index contributed by atoms with van der Waals surface area (Å²) in [5, 5.41) is 12.4. The van der Waals surface area contributed by atoms with Crippen LogP contribution in [0.4, 0.5) is 0 Å². The van der Waals surface area contributed by atoms with E-state index in [0.717, 1.165) is 19.4 Å². The van der Waals surface area contributed by atoms with E-state index in [9.17, 15) is 5.11 Å². The van der Waals surface area contributed by atoms with E-state index in [-0.39, 0.29) is 0 Å². The number of halogens is 1. The molecule has 1 aromatic carbocycles. The molecule has 4 heteroatoms. The van der Waals surface area contributed by atoms with Crippen molar-refractivity contribution in [2.45, 2.75) is 0 Å². The van der Waals surface area contributed by atoms with Gasteiger partial charge in [-0.3, -0.25) is 0 Å². The van der Waals surface area contributed by atoms with Crippen LogP contribution in [-0.4, -0.2) is 12.2 Å². The molecular formula is C9H7IO2S. The number of ether oxygens (including phenoxy) is 1. The summed E-state index contributed by atoms with van der Waals surface area (Å²) in [5.41, 5.74) is 0. The minimum absolute atomic E-state index is 0.321. The van der Waals surface area contributed by atoms with Gasteiger partial charge < -0.3 is 9.84 Å². The lowest BCUT2D eigenvalue weighted by Crippen LogP contribution is -1.86. The Morgan fingerprint density at radius 3 is 3.00 bits per heavy atom. The maximum absolute atomic E-state index is 9.61. The molecule has 0 spiro atoms. The van der Waals surface area contributed by atoms with E-state index in [2.05, 4.69) is 22.6 Å². The van der Waals surface area contributed by atoms with Gasteiger partial charge in [0.2, 0.25) is 0 Å². The molecule has 0 bridgehead atoms. The van der Waals surface area contributed by atoms with E-state index in [4.69, 9.17) is 4.74 Å². The zero-order valence-corrected chi connectivity index (χ0v) is 9.85. The summed E-state index contributed by atoms with van der Waals surface area (Å²) in [6.45, 7) is 0. The van der Waals surface area contributed by atoms with E-state index in [1.807, 2.05) is 11.4 Å². The summed E-state index contributed by atoms with van der Waals surface area (Å²) >= 11 is 3.73. The topological polar surface area (TPSA) is 29.5 Å². The van der Waals surface area contributed by atoms with Crippen LogP contribution >= 0.6 is 33.9 Å². The Kier molecular flexibility index (Phi) is 2.33. The minimum Gasteiger partial charge on any atom is -0.507 e. The minimum atomic E-state index is 0.321. The van der Waals surface area contributed by atoms with E-state index in [1.54, 1.807) is 24.5 Å². The molecule has 0 saturated heterocycles. The summed E-state index contributed by atoms with van der Waals surface area (Å²) in [6.07, 6.45) is 0. The molecule has 0 fully saturated rings. The highest BCUT2D eigenvalue weighted by Crippen LogP contribution is 2.39. The second kappa shape index (κ2) is 3.34. The molecule has 0 aliphatic rings. The fourth-order valence-electron chi connectivity index (χ4n) is 1.25. The molecule has 0 atom stereocenters. The molecule has 0 saturated carbocycles. The number of hydrogen-bond acceptors (Lipinski definition) is 3. The monoisotopic (exact) mass is 306 g/mol. The van der Waals surface area contributed by atoms with Gasteiger partial charge >= 0.3 is 0 Å². The summed E-state index contributed by atoms with van der Waals surface area (Å²) < 4.78 is 7.21. The van der Waals surface area contributed by atoms with Crippen molar-refractivity contribution in [3.05, 3.63) is 21.1 Å². The molecule has 68 valence electrons. The Morgan fingerprint density at radius 1 is 1.54 bits per heavy atom. The van der Waals surface area contributed by atoms with Crippen LogP contribution in [0.5, 0.6) is 11.5 Å². The van der Waals surface area contributed by atoms with Gasteiger partial charge in [-0.25, -0.2) is 0 Å². The highest BCUT2D eigenvalue weighted by atomic mass is 127. The van der Waals surface area contributed by atoms with Gasteiger partial charge in [0, 0.05) is 5.39 Å². The van der Waals surface area contributed by atoms with Crippen molar-refractivity contribution in [3.8, 4) is 11.5 Å². The predicted molar refractivity (Wildman–Crippen MR) is 62.8 cm³/mol. The van der Waals surface area contributed by atoms with Gasteiger partial charge in [0.15, 0.2) is 0 Å². The molecule has 0 unspecified atom stereocenters. The van der Waals surface area contributed by atoms with Crippen molar-refractivity contribution in [1.29, 1.82) is 0 Å². The largest absolute Gasteiger partial charge is 0.507 e. The molecule has 2 nitrogen and oxygen atoms in total. The van der Waals surface area contributed by atoms with E-state index in [0.29, 0.717) is 5.75 Å². The lowest BCUT2D eigenvalue weighted by molar-refractivity contribution is 0.416. The third kappa shape index (κ3) is 1.38. The van der Waals surface area contributed by atoms with Gasteiger partial charge in [0.1, 0.15) is 11.5 Å². The zero-order chi connectivity index (χ0) is 9.42. The third-order valence-electron chi connectivity index (χ3n) is 1.83. The van der Waals surface area contributed by atoms with Gasteiger partial charge in [0.25, 0.3) is 0 Å². The van der Waals surface area contributed by atoms with Crippen LogP contribution in [0.3, 0.4) is 0 Å². The molecular weight excluding hydrogens is 299 g/mol. The number of methoxy groups -OCH3 is 1. The van der Waals surface area contributed by atoms with Crippen LogP contribution < -0.4 is 4.74 Å². The number of phenolic OH excluding ortho intramolecular Hbond substituents is 1. The number of rotatable bonds is 1. The Hall–Kier alpha value is -0.490. The SMILES string of the molecule is COc1c(I)cc(O)c2ccsc12. The molecule has 0 amide bonds. The highest BCUT2D eigenvalue weighted by Gasteiger charge is 2.11. The van der Waals surface area contributed by atoms with Crippen LogP contribution in [0, 0.1) is 3.57 Å². The Labute approximate surface area is 93.3 Å². The van der Waals surface area contributed by atoms with Crippen molar-refractivity contribution in [1.82, 2.24) is 0 Å². The lowest BCUT2D eigenvalue weighted by Gasteiger charge is -2.05. The summed E-state index contributed by atoms with van der Waals surface area (Å²) in [5.74, 6) is 1.17. The van der Waals surface area contributed by atoms with E-state index >= 15 is 0 Å². The standard InChI is InChI=1S/C9H7IO2S/c1-12-8-6(10)4-7(11)5-2-3-13-9(5)8/h2-4,11H,1H3. The van der Waals surface area contributed by atoms with Gasteiger partial charge in [0.05, 0.1) is 15.4 Å². The first-order valence-corrected chi connectivity index (χ1v) is 5.62. The van der Waals surface area contributed by atoms with Crippen LogP contribution in [-0.2, 0) is 0 Å². The first kappa shape index (κ1) is 9.08. The molecule has 1 aromatic heterocycles. The average Bonchev–Trinajstić information content (AvgIpc) is 2.53. The molecule has 1 N–H and O–H groups in total. The van der Waals surface area contributed by atoms with Gasteiger partial charge in [-0.2, -0.15) is 0 Å². The Morgan fingerprint density at radius 2 is 2.31 bits per heavy atom. The molecule has 2 aromatic rings. The van der Waals surface area contributed by atoms with Crippen molar-refractivity contribution >= 4 is 44.0 Å². The number of aromatic hydroxyl groups is 1. The highest BCUT2D eigenvalue weighted by molar-refractivity contribution is 14.1. The first-order chi connectivity index (χ1) is 6.24. The summed E-state index contributed by atoms with van der Waals surface area (Å²) in [4.78, 5) is 0. The predicted octanol–water partition coefficient (Wildman–Crippen LogP) is 3.22. The molecule has 0 aliphatic heterocycles. The lowest BCUT2D eigenvalue weighted by atomic mass is 10.2. The Bertz CT molecular complexity index is 450. The van der Waals surface area contributed by atoms with Crippen molar-refractivity contribution in [3.63, 3.8) is 0 Å². The summed E-state index contributed by atoms with van der Waals surface area (Å²) in [7, 11) is 1.65. The van der Waals surface area contributed by atoms with E-state index < -0.39 is 0 Å². The quantitative estimate of drug-likeness (QED) is 0.820. The number of fused-ring (bicyclic) bond motifs is 1. The molecule has 13 heavy (non-hydrogen) atoms. The summed E-state index contributed by atoms with van der Waals surface area (Å²) in [6, 6.07) is 3.61. The number of phenols is 1. The van der Waals surface area contributed by atoms with Crippen LogP contribution in [0.2, 0.25) is 0 Å². The Balaban J connectivity index is 2.88. The number of hydrogen-bond donors (Lipinski definition) is 1. The van der Waals surface area contributed by atoms with Crippen molar-refractivity contribution < 1.29 is 9.84 Å². The molecule has 1 heterocycles. The number of benzene rings is 1. The second-order valence-corrected chi connectivity index (χ2v) is 4.65. The second-order valence-electron chi connectivity index (χ2n) is 2.57. The maximum Gasteiger partial charge on any atom is 0.150 e. The van der Waals surface area contributed by atoms with Crippen LogP contribution in [0.25, 0.3) is 10.1 Å². The fraction of sp³-hybridized carbons (Fsp3) is 0.111. The average molecular weight is 306 g/mol. The smallest absolute Gasteiger partial charge is 0.150 e. The van der Waals surface area contributed by atoms with Gasteiger partial charge in [-0.05, 0) is 40.1 Å². The van der Waals surface area contributed by atoms with Crippen LogP contribution in [0.1, 0.15) is 0 Å². The van der Waals surface area contributed by atoms with Crippen molar-refractivity contribution in [2.75, 3.05) is 7.11 Å². The molecule has 2 rings (SSSR count).